The summed E-state index contributed by atoms with van der Waals surface area (Å²) in [6.07, 6.45) is 1.83. The molecule has 0 aliphatic heterocycles. The summed E-state index contributed by atoms with van der Waals surface area (Å²) in [5, 5.41) is 17.2. The molecule has 8 nitrogen and oxygen atoms in total. The molecule has 1 amide bonds. The first-order valence-corrected chi connectivity index (χ1v) is 9.65. The number of amides is 1. The normalized spacial score (nSPS) is 10.8. The van der Waals surface area contributed by atoms with Gasteiger partial charge in [-0.25, -0.2) is 4.98 Å². The van der Waals surface area contributed by atoms with Gasteiger partial charge in [0.05, 0.1) is 10.6 Å². The van der Waals surface area contributed by atoms with Crippen molar-refractivity contribution in [2.75, 3.05) is 11.9 Å². The number of carbonyl (C=O) groups is 2. The van der Waals surface area contributed by atoms with E-state index in [9.17, 15) is 9.59 Å². The highest BCUT2D eigenvalue weighted by Crippen LogP contribution is 2.32. The number of aromatic nitrogens is 3. The van der Waals surface area contributed by atoms with Crippen molar-refractivity contribution in [3.8, 4) is 10.6 Å². The quantitative estimate of drug-likeness (QED) is 0.388. The molecule has 29 heavy (non-hydrogen) atoms. The molecule has 4 aromatic rings. The molecule has 0 aliphatic carbocycles. The van der Waals surface area contributed by atoms with Gasteiger partial charge in [-0.1, -0.05) is 0 Å². The molecule has 0 fully saturated rings. The molecule has 0 bridgehead atoms. The van der Waals surface area contributed by atoms with E-state index in [1.165, 1.54) is 5.56 Å². The number of nitrogens with one attached hydrogen (secondary N) is 3. The fourth-order valence-electron chi connectivity index (χ4n) is 2.83. The molecule has 0 aliphatic rings. The van der Waals surface area contributed by atoms with Crippen molar-refractivity contribution >= 4 is 45.9 Å². The minimum atomic E-state index is -1.09. The number of rotatable bonds is 6. The molecule has 0 atom stereocenters. The van der Waals surface area contributed by atoms with Crippen LogP contribution in [0, 0.1) is 6.92 Å². The number of hydrogen-bond donors (Lipinski definition) is 4. The maximum absolute atomic E-state index is 11.9. The number of H-pyrrole nitrogens is 1. The Morgan fingerprint density at radius 2 is 1.97 bits per heavy atom. The van der Waals surface area contributed by atoms with Crippen molar-refractivity contribution in [1.82, 2.24) is 20.3 Å². The Labute approximate surface area is 169 Å². The van der Waals surface area contributed by atoms with Crippen LogP contribution in [0.25, 0.3) is 21.6 Å². The van der Waals surface area contributed by atoms with Gasteiger partial charge in [0, 0.05) is 22.8 Å². The lowest BCUT2D eigenvalue weighted by molar-refractivity contribution is -0.135. The summed E-state index contributed by atoms with van der Waals surface area (Å²) < 4.78 is 0. The second-order valence-electron chi connectivity index (χ2n) is 6.40. The molecule has 146 valence electrons. The predicted octanol–water partition coefficient (Wildman–Crippen LogP) is 3.55. The average molecular weight is 407 g/mol. The Kier molecular flexibility index (Phi) is 4.96. The SMILES string of the molecule is Cc1csc(-c2nc(Nc3ccc(C(=O)NCC(=O)O)cc3)nc3[nH]ccc23)c1. The zero-order chi connectivity index (χ0) is 20.4. The Hall–Kier alpha value is -3.72. The molecule has 0 spiro atoms. The number of carbonyl (C=O) groups excluding carboxylic acids is 1. The van der Waals surface area contributed by atoms with E-state index in [4.69, 9.17) is 5.11 Å². The van der Waals surface area contributed by atoms with E-state index in [1.54, 1.807) is 35.6 Å². The Morgan fingerprint density at radius 1 is 1.17 bits per heavy atom. The van der Waals surface area contributed by atoms with Crippen LogP contribution in [0.2, 0.25) is 0 Å². The first-order chi connectivity index (χ1) is 14.0. The number of carboxylic acid groups (broad SMARTS) is 1. The predicted molar refractivity (Wildman–Crippen MR) is 112 cm³/mol. The monoisotopic (exact) mass is 407 g/mol. The van der Waals surface area contributed by atoms with Crippen molar-refractivity contribution in [3.63, 3.8) is 0 Å². The lowest BCUT2D eigenvalue weighted by Gasteiger charge is -2.08. The van der Waals surface area contributed by atoms with Crippen LogP contribution in [0.4, 0.5) is 11.6 Å². The van der Waals surface area contributed by atoms with Crippen LogP contribution in [-0.2, 0) is 4.79 Å². The van der Waals surface area contributed by atoms with Gasteiger partial charge in [0.2, 0.25) is 5.95 Å². The summed E-state index contributed by atoms with van der Waals surface area (Å²) >= 11 is 1.63. The van der Waals surface area contributed by atoms with E-state index in [-0.39, 0.29) is 0 Å². The first kappa shape index (κ1) is 18.6. The van der Waals surface area contributed by atoms with Crippen LogP contribution in [0.5, 0.6) is 0 Å². The van der Waals surface area contributed by atoms with Crippen molar-refractivity contribution in [1.29, 1.82) is 0 Å². The van der Waals surface area contributed by atoms with Crippen LogP contribution in [-0.4, -0.2) is 38.5 Å². The lowest BCUT2D eigenvalue weighted by atomic mass is 10.2. The molecule has 4 N–H and O–H groups in total. The number of hydrogen-bond acceptors (Lipinski definition) is 6. The fourth-order valence-corrected chi connectivity index (χ4v) is 3.73. The highest BCUT2D eigenvalue weighted by molar-refractivity contribution is 7.13. The second-order valence-corrected chi connectivity index (χ2v) is 7.31. The number of anilines is 2. The molecule has 0 saturated carbocycles. The van der Waals surface area contributed by atoms with Gasteiger partial charge in [0.1, 0.15) is 12.2 Å². The Bertz CT molecular complexity index is 1200. The second kappa shape index (κ2) is 7.72. The number of thiophene rings is 1. The highest BCUT2D eigenvalue weighted by Gasteiger charge is 2.13. The fraction of sp³-hybridized carbons (Fsp3) is 0.100. The summed E-state index contributed by atoms with van der Waals surface area (Å²) in [6.45, 7) is 1.62. The van der Waals surface area contributed by atoms with Crippen LogP contribution in [0.15, 0.2) is 48.0 Å². The number of benzene rings is 1. The van der Waals surface area contributed by atoms with Gasteiger partial charge in [-0.15, -0.1) is 11.3 Å². The van der Waals surface area contributed by atoms with E-state index >= 15 is 0 Å². The standard InChI is InChI=1S/C20H17N5O3S/c1-11-8-15(29-10-11)17-14-6-7-21-18(14)25-20(24-17)23-13-4-2-12(3-5-13)19(28)22-9-16(26)27/h2-8,10H,9H2,1H3,(H,22,28)(H,26,27)(H2,21,23,24,25). The van der Waals surface area contributed by atoms with E-state index in [0.29, 0.717) is 17.2 Å². The Balaban J connectivity index is 1.58. The van der Waals surface area contributed by atoms with Crippen molar-refractivity contribution < 1.29 is 14.7 Å². The molecular formula is C20H17N5O3S. The topological polar surface area (TPSA) is 120 Å². The van der Waals surface area contributed by atoms with Crippen LogP contribution in [0.3, 0.4) is 0 Å². The molecule has 1 aromatic carbocycles. The van der Waals surface area contributed by atoms with Crippen LogP contribution < -0.4 is 10.6 Å². The third-order valence-corrected chi connectivity index (χ3v) is 5.24. The third-order valence-electron chi connectivity index (χ3n) is 4.18. The van der Waals surface area contributed by atoms with Gasteiger partial charge in [0.15, 0.2) is 0 Å². The van der Waals surface area contributed by atoms with Gasteiger partial charge in [0.25, 0.3) is 5.91 Å². The maximum atomic E-state index is 11.9. The number of aryl methyl sites for hydroxylation is 1. The van der Waals surface area contributed by atoms with Gasteiger partial charge in [-0.3, -0.25) is 9.59 Å². The zero-order valence-electron chi connectivity index (χ0n) is 15.4. The average Bonchev–Trinajstić information content (AvgIpc) is 3.35. The zero-order valence-corrected chi connectivity index (χ0v) is 16.2. The maximum Gasteiger partial charge on any atom is 0.322 e. The molecule has 0 saturated heterocycles. The van der Waals surface area contributed by atoms with Gasteiger partial charge < -0.3 is 20.7 Å². The number of aromatic amines is 1. The van der Waals surface area contributed by atoms with E-state index in [0.717, 1.165) is 21.6 Å². The molecule has 9 heteroatoms. The third kappa shape index (κ3) is 4.09. The first-order valence-electron chi connectivity index (χ1n) is 8.77. The summed E-state index contributed by atoms with van der Waals surface area (Å²) in [7, 11) is 0. The van der Waals surface area contributed by atoms with Gasteiger partial charge >= 0.3 is 5.97 Å². The van der Waals surface area contributed by atoms with E-state index in [1.807, 2.05) is 19.2 Å². The number of carboxylic acids is 1. The van der Waals surface area contributed by atoms with Crippen molar-refractivity contribution in [3.05, 3.63) is 59.1 Å². The summed E-state index contributed by atoms with van der Waals surface area (Å²) in [6, 6.07) is 10.7. The van der Waals surface area contributed by atoms with Crippen molar-refractivity contribution in [2.24, 2.45) is 0 Å². The molecule has 0 radical (unpaired) electrons. The van der Waals surface area contributed by atoms with Crippen molar-refractivity contribution in [2.45, 2.75) is 6.92 Å². The van der Waals surface area contributed by atoms with Gasteiger partial charge in [-0.2, -0.15) is 4.98 Å². The van der Waals surface area contributed by atoms with E-state index < -0.39 is 18.4 Å². The molecule has 0 unspecified atom stereocenters. The molecular weight excluding hydrogens is 390 g/mol. The van der Waals surface area contributed by atoms with E-state index in [2.05, 4.69) is 37.0 Å². The largest absolute Gasteiger partial charge is 0.480 e. The molecule has 3 aromatic heterocycles. The van der Waals surface area contributed by atoms with Crippen LogP contribution in [0.1, 0.15) is 15.9 Å². The lowest BCUT2D eigenvalue weighted by Crippen LogP contribution is -2.29. The van der Waals surface area contributed by atoms with Crippen LogP contribution >= 0.6 is 11.3 Å². The minimum Gasteiger partial charge on any atom is -0.480 e. The minimum absolute atomic E-state index is 0.368. The molecule has 4 rings (SSSR count). The summed E-state index contributed by atoms with van der Waals surface area (Å²) in [5.74, 6) is -1.10. The molecule has 3 heterocycles. The summed E-state index contributed by atoms with van der Waals surface area (Å²) in [4.78, 5) is 35.8. The number of nitrogens with zero attached hydrogens (tertiary/aromatic N) is 2. The Morgan fingerprint density at radius 3 is 2.66 bits per heavy atom. The number of aliphatic carboxylic acids is 1. The number of fused-ring (bicyclic) bond motifs is 1. The van der Waals surface area contributed by atoms with Gasteiger partial charge in [-0.05, 0) is 54.3 Å². The smallest absolute Gasteiger partial charge is 0.322 e. The summed E-state index contributed by atoms with van der Waals surface area (Å²) in [5.41, 5.74) is 3.83. The highest BCUT2D eigenvalue weighted by atomic mass is 32.1.